The van der Waals surface area contributed by atoms with Crippen molar-refractivity contribution in [3.63, 3.8) is 0 Å². The highest BCUT2D eigenvalue weighted by molar-refractivity contribution is 5.69. The first-order valence-corrected chi connectivity index (χ1v) is 6.77. The van der Waals surface area contributed by atoms with Crippen molar-refractivity contribution in [3.8, 4) is 0 Å². The minimum atomic E-state index is -0.428. The summed E-state index contributed by atoms with van der Waals surface area (Å²) in [5, 5.41) is 0. The molecule has 1 aliphatic heterocycles. The van der Waals surface area contributed by atoms with Crippen molar-refractivity contribution in [2.75, 3.05) is 19.6 Å². The molecule has 1 rings (SSSR count). The number of amides is 1. The van der Waals surface area contributed by atoms with Gasteiger partial charge in [0.15, 0.2) is 0 Å². The van der Waals surface area contributed by atoms with Crippen LogP contribution in [0.2, 0.25) is 0 Å². The molecular formula is C14H28N2O2. The number of hydrogen-bond acceptors (Lipinski definition) is 3. The Morgan fingerprint density at radius 3 is 2.17 bits per heavy atom. The Morgan fingerprint density at radius 2 is 1.78 bits per heavy atom. The SMILES string of the molecule is CC(C)N1CCN(C(=O)OC(C)(C)C)C(C)(C)C1. The Hall–Kier alpha value is -0.770. The van der Waals surface area contributed by atoms with E-state index < -0.39 is 5.60 Å². The van der Waals surface area contributed by atoms with Crippen LogP contribution in [0.25, 0.3) is 0 Å². The first-order chi connectivity index (χ1) is 8.03. The molecule has 4 nitrogen and oxygen atoms in total. The van der Waals surface area contributed by atoms with Gasteiger partial charge in [-0.2, -0.15) is 0 Å². The van der Waals surface area contributed by atoms with E-state index in [1.54, 1.807) is 0 Å². The monoisotopic (exact) mass is 256 g/mol. The van der Waals surface area contributed by atoms with Crippen LogP contribution >= 0.6 is 0 Å². The number of hydrogen-bond donors (Lipinski definition) is 0. The van der Waals surface area contributed by atoms with E-state index >= 15 is 0 Å². The van der Waals surface area contributed by atoms with Crippen LogP contribution in [-0.4, -0.2) is 52.7 Å². The van der Waals surface area contributed by atoms with Crippen molar-refractivity contribution in [1.82, 2.24) is 9.80 Å². The van der Waals surface area contributed by atoms with Gasteiger partial charge in [0.25, 0.3) is 0 Å². The first-order valence-electron chi connectivity index (χ1n) is 6.77. The average Bonchev–Trinajstić information content (AvgIpc) is 2.12. The maximum atomic E-state index is 12.2. The molecule has 0 saturated carbocycles. The summed E-state index contributed by atoms with van der Waals surface area (Å²) in [7, 11) is 0. The van der Waals surface area contributed by atoms with Crippen molar-refractivity contribution < 1.29 is 9.53 Å². The lowest BCUT2D eigenvalue weighted by Gasteiger charge is -2.48. The zero-order valence-corrected chi connectivity index (χ0v) is 12.9. The molecule has 1 aliphatic rings. The molecule has 0 radical (unpaired) electrons. The van der Waals surface area contributed by atoms with Crippen LogP contribution in [0.15, 0.2) is 0 Å². The minimum Gasteiger partial charge on any atom is -0.444 e. The van der Waals surface area contributed by atoms with E-state index in [9.17, 15) is 4.79 Å². The van der Waals surface area contributed by atoms with Gasteiger partial charge >= 0.3 is 6.09 Å². The number of nitrogens with zero attached hydrogens (tertiary/aromatic N) is 2. The maximum Gasteiger partial charge on any atom is 0.410 e. The predicted molar refractivity (Wildman–Crippen MR) is 73.7 cm³/mol. The third-order valence-corrected chi connectivity index (χ3v) is 3.28. The molecular weight excluding hydrogens is 228 g/mol. The van der Waals surface area contributed by atoms with Gasteiger partial charge < -0.3 is 9.64 Å². The summed E-state index contributed by atoms with van der Waals surface area (Å²) < 4.78 is 5.48. The largest absolute Gasteiger partial charge is 0.444 e. The van der Waals surface area contributed by atoms with Crippen molar-refractivity contribution in [2.24, 2.45) is 0 Å². The molecule has 0 aromatic heterocycles. The molecule has 1 heterocycles. The van der Waals surface area contributed by atoms with Crippen LogP contribution in [0.4, 0.5) is 4.79 Å². The summed E-state index contributed by atoms with van der Waals surface area (Å²) in [5.41, 5.74) is -0.604. The van der Waals surface area contributed by atoms with Crippen molar-refractivity contribution >= 4 is 6.09 Å². The number of carbonyl (C=O) groups excluding carboxylic acids is 1. The number of ether oxygens (including phenoxy) is 1. The molecule has 0 spiro atoms. The second-order valence-electron chi connectivity index (χ2n) is 7.01. The summed E-state index contributed by atoms with van der Waals surface area (Å²) in [5.74, 6) is 0. The molecule has 0 aromatic rings. The van der Waals surface area contributed by atoms with E-state index in [0.29, 0.717) is 6.04 Å². The predicted octanol–water partition coefficient (Wildman–Crippen LogP) is 2.73. The second kappa shape index (κ2) is 5.08. The highest BCUT2D eigenvalue weighted by atomic mass is 16.6. The summed E-state index contributed by atoms with van der Waals surface area (Å²) in [4.78, 5) is 16.5. The number of carbonyl (C=O) groups is 1. The van der Waals surface area contributed by atoms with E-state index in [4.69, 9.17) is 4.74 Å². The Morgan fingerprint density at radius 1 is 1.22 bits per heavy atom. The van der Waals surface area contributed by atoms with Gasteiger partial charge in [-0.3, -0.25) is 4.90 Å². The fourth-order valence-electron chi connectivity index (χ4n) is 2.29. The summed E-state index contributed by atoms with van der Waals surface area (Å²) in [6, 6.07) is 0.519. The molecule has 0 N–H and O–H groups in total. The molecule has 0 bridgehead atoms. The van der Waals surface area contributed by atoms with E-state index in [1.165, 1.54) is 0 Å². The van der Waals surface area contributed by atoms with Gasteiger partial charge in [-0.05, 0) is 48.5 Å². The van der Waals surface area contributed by atoms with Crippen LogP contribution in [0, 0.1) is 0 Å². The summed E-state index contributed by atoms with van der Waals surface area (Å²) in [6.45, 7) is 16.9. The normalized spacial score (nSPS) is 21.2. The topological polar surface area (TPSA) is 32.8 Å². The number of rotatable bonds is 1. The van der Waals surface area contributed by atoms with Gasteiger partial charge in [0.1, 0.15) is 5.60 Å². The molecule has 1 amide bonds. The van der Waals surface area contributed by atoms with Gasteiger partial charge in [-0.15, -0.1) is 0 Å². The first kappa shape index (κ1) is 15.3. The van der Waals surface area contributed by atoms with Gasteiger partial charge in [0, 0.05) is 25.7 Å². The molecule has 106 valence electrons. The van der Waals surface area contributed by atoms with E-state index in [0.717, 1.165) is 19.6 Å². The lowest BCUT2D eigenvalue weighted by atomic mass is 9.98. The smallest absolute Gasteiger partial charge is 0.410 e. The third-order valence-electron chi connectivity index (χ3n) is 3.28. The third kappa shape index (κ3) is 3.87. The van der Waals surface area contributed by atoms with Gasteiger partial charge in [0.2, 0.25) is 0 Å². The van der Waals surface area contributed by atoms with E-state index in [2.05, 4.69) is 32.6 Å². The van der Waals surface area contributed by atoms with Crippen LogP contribution in [0.3, 0.4) is 0 Å². The Kier molecular flexibility index (Phi) is 4.31. The van der Waals surface area contributed by atoms with Gasteiger partial charge in [0.05, 0.1) is 5.54 Å². The minimum absolute atomic E-state index is 0.176. The van der Waals surface area contributed by atoms with Crippen LogP contribution in [0.1, 0.15) is 48.5 Å². The van der Waals surface area contributed by atoms with Crippen molar-refractivity contribution in [3.05, 3.63) is 0 Å². The fourth-order valence-corrected chi connectivity index (χ4v) is 2.29. The van der Waals surface area contributed by atoms with E-state index in [1.807, 2.05) is 25.7 Å². The molecule has 18 heavy (non-hydrogen) atoms. The number of piperazine rings is 1. The average molecular weight is 256 g/mol. The van der Waals surface area contributed by atoms with Crippen molar-refractivity contribution in [1.29, 1.82) is 0 Å². The maximum absolute atomic E-state index is 12.2. The van der Waals surface area contributed by atoms with Crippen LogP contribution in [-0.2, 0) is 4.74 Å². The van der Waals surface area contributed by atoms with E-state index in [-0.39, 0.29) is 11.6 Å². The highest BCUT2D eigenvalue weighted by Crippen LogP contribution is 2.24. The Labute approximate surface area is 111 Å². The lowest BCUT2D eigenvalue weighted by Crippen LogP contribution is -2.62. The molecule has 4 heteroatoms. The Bertz CT molecular complexity index is 305. The summed E-state index contributed by atoms with van der Waals surface area (Å²) >= 11 is 0. The Balaban J connectivity index is 2.71. The quantitative estimate of drug-likeness (QED) is 0.723. The lowest BCUT2D eigenvalue weighted by molar-refractivity contribution is -0.0283. The van der Waals surface area contributed by atoms with Gasteiger partial charge in [-0.25, -0.2) is 4.79 Å². The molecule has 0 unspecified atom stereocenters. The molecule has 0 aliphatic carbocycles. The summed E-state index contributed by atoms with van der Waals surface area (Å²) in [6.07, 6.45) is -0.198. The second-order valence-corrected chi connectivity index (χ2v) is 7.01. The standard InChI is InChI=1S/C14H28N2O2/c1-11(2)15-8-9-16(14(6,7)10-15)12(17)18-13(3,4)5/h11H,8-10H2,1-7H3. The van der Waals surface area contributed by atoms with Crippen LogP contribution < -0.4 is 0 Å². The highest BCUT2D eigenvalue weighted by Gasteiger charge is 2.39. The molecule has 1 fully saturated rings. The van der Waals surface area contributed by atoms with Crippen molar-refractivity contribution in [2.45, 2.75) is 65.6 Å². The fraction of sp³-hybridized carbons (Fsp3) is 0.929. The molecule has 0 aromatic carbocycles. The zero-order chi connectivity index (χ0) is 14.1. The van der Waals surface area contributed by atoms with Gasteiger partial charge in [-0.1, -0.05) is 0 Å². The van der Waals surface area contributed by atoms with Crippen LogP contribution in [0.5, 0.6) is 0 Å². The molecule has 0 atom stereocenters. The molecule has 1 saturated heterocycles. The zero-order valence-electron chi connectivity index (χ0n) is 12.9.